The fourth-order valence-corrected chi connectivity index (χ4v) is 0. The molecule has 0 aromatic heterocycles. The van der Waals surface area contributed by atoms with Crippen molar-refractivity contribution < 1.29 is 19.8 Å². The van der Waals surface area contributed by atoms with Gasteiger partial charge < -0.3 is 15.3 Å². The molecular formula is C2H8MgO4PS+. The van der Waals surface area contributed by atoms with Crippen LogP contribution in [-0.4, -0.2) is 34.3 Å². The van der Waals surface area contributed by atoms with Crippen molar-refractivity contribution in [3.8, 4) is 0 Å². The zero-order valence-electron chi connectivity index (χ0n) is 5.03. The molecule has 52 valence electrons. The molecule has 0 aromatic rings. The van der Waals surface area contributed by atoms with Gasteiger partial charge in [0.1, 0.15) is 5.75 Å². The Morgan fingerprint density at radius 3 is 1.56 bits per heavy atom. The summed E-state index contributed by atoms with van der Waals surface area (Å²) in [5, 5.41) is 0. The van der Waals surface area contributed by atoms with Crippen LogP contribution in [0.3, 0.4) is 0 Å². The van der Waals surface area contributed by atoms with Gasteiger partial charge in [-0.15, -0.1) is 0 Å². The molecule has 0 aliphatic rings. The first kappa shape index (κ1) is 22.5. The summed E-state index contributed by atoms with van der Waals surface area (Å²) in [5.41, 5.74) is 0. The Morgan fingerprint density at radius 1 is 1.56 bits per heavy atom. The van der Waals surface area contributed by atoms with E-state index in [1.807, 2.05) is 6.92 Å². The van der Waals surface area contributed by atoms with Gasteiger partial charge in [-0.25, -0.2) is 0 Å². The van der Waals surface area contributed by atoms with E-state index in [-0.39, 0.29) is 28.5 Å². The van der Waals surface area contributed by atoms with Crippen molar-refractivity contribution in [2.75, 3.05) is 5.75 Å². The predicted octanol–water partition coefficient (Wildman–Crippen LogP) is -2.18. The Kier molecular flexibility index (Phi) is 57.3. The summed E-state index contributed by atoms with van der Waals surface area (Å²) < 4.78 is 8.48. The third-order valence-corrected chi connectivity index (χ3v) is 0. The minimum absolute atomic E-state index is 0. The Hall–Kier alpha value is 1.10. The van der Waals surface area contributed by atoms with Gasteiger partial charge in [0.15, 0.2) is 0 Å². The summed E-state index contributed by atoms with van der Waals surface area (Å²) in [4.78, 5) is 17.0. The Bertz CT molecular complexity index is 49.8. The zero-order chi connectivity index (χ0) is 6.28. The molecule has 0 spiro atoms. The topological polar surface area (TPSA) is 93.2 Å². The predicted molar refractivity (Wildman–Crippen MR) is 36.0 cm³/mol. The van der Waals surface area contributed by atoms with E-state index in [9.17, 15) is 0 Å². The molecule has 0 heterocycles. The van der Waals surface area contributed by atoms with Crippen molar-refractivity contribution in [1.82, 2.24) is 0 Å². The van der Waals surface area contributed by atoms with Gasteiger partial charge in [0.25, 0.3) is 8.25 Å². The molecule has 9 heavy (non-hydrogen) atoms. The molecule has 0 aromatic carbocycles. The fourth-order valence-electron chi connectivity index (χ4n) is 0. The average Bonchev–Trinajstić information content (AvgIpc) is 1.33. The maximum atomic E-state index is 8.48. The van der Waals surface area contributed by atoms with Crippen LogP contribution >= 0.6 is 8.25 Å². The van der Waals surface area contributed by atoms with Crippen LogP contribution in [0.1, 0.15) is 6.92 Å². The number of rotatable bonds is 0. The molecule has 0 bridgehead atoms. The van der Waals surface area contributed by atoms with Crippen LogP contribution < -0.4 is 9.79 Å². The molecule has 0 aliphatic carbocycles. The quantitative estimate of drug-likeness (QED) is 0.242. The number of hydrogen-bond donors (Lipinski definition) is 0. The average molecular weight is 183 g/mol. The van der Waals surface area contributed by atoms with Gasteiger partial charge in [-0.05, 0) is 19.6 Å². The molecule has 0 rings (SSSR count). The fraction of sp³-hybridized carbons (Fsp3) is 1.00. The van der Waals surface area contributed by atoms with Crippen molar-refractivity contribution in [2.24, 2.45) is 0 Å². The van der Waals surface area contributed by atoms with E-state index < -0.39 is 8.25 Å². The Balaban J connectivity index is -0.0000000233. The van der Waals surface area contributed by atoms with Crippen LogP contribution in [0.5, 0.6) is 0 Å². The van der Waals surface area contributed by atoms with Gasteiger partial charge in [-0.1, -0.05) is 4.57 Å². The summed E-state index contributed by atoms with van der Waals surface area (Å²) >= 11 is 3.18. The van der Waals surface area contributed by atoms with Gasteiger partial charge in [-0.2, -0.15) is 0 Å². The van der Waals surface area contributed by atoms with E-state index in [1.54, 1.807) is 0 Å². The third-order valence-electron chi connectivity index (χ3n) is 0. The van der Waals surface area contributed by atoms with Crippen molar-refractivity contribution >= 4 is 43.9 Å². The van der Waals surface area contributed by atoms with Crippen LogP contribution in [0.15, 0.2) is 0 Å². The van der Waals surface area contributed by atoms with Gasteiger partial charge in [-0.3, -0.25) is 0 Å². The second-order valence-corrected chi connectivity index (χ2v) is 1.73. The maximum absolute atomic E-state index is 8.48. The maximum Gasteiger partial charge on any atom is 2.00 e. The van der Waals surface area contributed by atoms with E-state index in [4.69, 9.17) is 14.4 Å². The standard InChI is InChI=1S/C2H6S.Mg.HO3P.H2O/c1-2-3;;1-4(2)3;/h3H,2H2,1H3;;(H,1,2,3);1H2/q;+2;;/p-1. The molecule has 0 saturated heterocycles. The first-order chi connectivity index (χ1) is 3.15. The van der Waals surface area contributed by atoms with Crippen molar-refractivity contribution in [2.45, 2.75) is 6.92 Å². The molecule has 1 N–H and O–H groups in total. The van der Waals surface area contributed by atoms with Crippen LogP contribution in [0, 0.1) is 0 Å². The number of hydrogen-bond acceptors (Lipinski definition) is 4. The second kappa shape index (κ2) is 23.0. The summed E-state index contributed by atoms with van der Waals surface area (Å²) in [6.45, 7) is 2.04. The van der Waals surface area contributed by atoms with Crippen LogP contribution in [0.25, 0.3) is 0 Å². The van der Waals surface area contributed by atoms with Crippen LogP contribution in [0.4, 0.5) is 0 Å². The van der Waals surface area contributed by atoms with Gasteiger partial charge in [0, 0.05) is 0 Å². The summed E-state index contributed by atoms with van der Waals surface area (Å²) in [6, 6.07) is 0. The minimum atomic E-state index is -3.37. The molecule has 4 nitrogen and oxygen atoms in total. The summed E-state index contributed by atoms with van der Waals surface area (Å²) in [6.07, 6.45) is 0. The smallest absolute Gasteiger partial charge is 0.870 e. The molecule has 0 amide bonds. The van der Waals surface area contributed by atoms with Crippen molar-refractivity contribution in [1.29, 1.82) is 0 Å². The van der Waals surface area contributed by atoms with Gasteiger partial charge >= 0.3 is 23.1 Å². The monoisotopic (exact) mass is 183 g/mol. The van der Waals surface area contributed by atoms with E-state index in [0.29, 0.717) is 0 Å². The largest absolute Gasteiger partial charge is 2.00 e. The SMILES string of the molecule is CC[SH2+].O=[P+]([O-])[O-].[Mg+2].[OH-]. The molecule has 7 heteroatoms. The molecule has 0 unspecified atom stereocenters. The molecular weight excluding hydrogens is 175 g/mol. The molecule has 0 aliphatic heterocycles. The van der Waals surface area contributed by atoms with Crippen molar-refractivity contribution in [3.05, 3.63) is 0 Å². The van der Waals surface area contributed by atoms with Crippen LogP contribution in [0.2, 0.25) is 0 Å². The van der Waals surface area contributed by atoms with E-state index in [2.05, 4.69) is 12.6 Å². The van der Waals surface area contributed by atoms with Gasteiger partial charge in [0.2, 0.25) is 0 Å². The third kappa shape index (κ3) is 381. The van der Waals surface area contributed by atoms with Gasteiger partial charge in [0.05, 0.1) is 0 Å². The summed E-state index contributed by atoms with van der Waals surface area (Å²) in [7, 11) is -3.37. The van der Waals surface area contributed by atoms with Crippen molar-refractivity contribution in [3.63, 3.8) is 0 Å². The molecule has 0 fully saturated rings. The van der Waals surface area contributed by atoms with Crippen LogP contribution in [-0.2, 0) is 17.2 Å². The second-order valence-electron chi connectivity index (χ2n) is 0.577. The summed E-state index contributed by atoms with van der Waals surface area (Å²) in [5.74, 6) is 1.06. The Labute approximate surface area is 76.5 Å². The molecule has 0 radical (unpaired) electrons. The Morgan fingerprint density at radius 2 is 1.56 bits per heavy atom. The van der Waals surface area contributed by atoms with E-state index in [1.165, 1.54) is 0 Å². The van der Waals surface area contributed by atoms with E-state index >= 15 is 0 Å². The normalized spacial score (nSPS) is 4.89. The molecule has 0 saturated carbocycles. The minimum Gasteiger partial charge on any atom is -0.870 e. The van der Waals surface area contributed by atoms with E-state index in [0.717, 1.165) is 5.75 Å². The first-order valence-electron chi connectivity index (χ1n) is 1.61. The molecule has 0 atom stereocenters. The first-order valence-corrected chi connectivity index (χ1v) is 3.41. The zero-order valence-corrected chi connectivity index (χ0v) is 8.34.